The Kier molecular flexibility index (Phi) is 10.7. The van der Waals surface area contributed by atoms with Crippen LogP contribution in [0.1, 0.15) is 36.6 Å². The molecule has 1 aliphatic heterocycles. The van der Waals surface area contributed by atoms with E-state index in [2.05, 4.69) is 21.2 Å². The summed E-state index contributed by atoms with van der Waals surface area (Å²) in [5.41, 5.74) is 4.91. The fourth-order valence-electron chi connectivity index (χ4n) is 4.34. The number of hydrogen-bond donors (Lipinski definition) is 3. The van der Waals surface area contributed by atoms with Crippen LogP contribution in [0.5, 0.6) is 17.2 Å². The second kappa shape index (κ2) is 15.0. The summed E-state index contributed by atoms with van der Waals surface area (Å²) in [6.45, 7) is 3.28. The zero-order chi connectivity index (χ0) is 32.3. The van der Waals surface area contributed by atoms with Gasteiger partial charge in [-0.05, 0) is 66.9 Å². The summed E-state index contributed by atoms with van der Waals surface area (Å²) in [7, 11) is 1.43. The van der Waals surface area contributed by atoms with Gasteiger partial charge < -0.3 is 29.6 Å². The Morgan fingerprint density at radius 1 is 1.07 bits per heavy atom. The Labute approximate surface area is 258 Å². The van der Waals surface area contributed by atoms with E-state index in [0.29, 0.717) is 28.1 Å². The molecule has 3 amide bonds. The van der Waals surface area contributed by atoms with E-state index in [1.165, 1.54) is 25.5 Å². The number of benzene rings is 3. The Balaban J connectivity index is 1.30. The maximum Gasteiger partial charge on any atom is 0.338 e. The molecule has 4 rings (SSSR count). The second-order valence-corrected chi connectivity index (χ2v) is 9.57. The molecule has 0 aromatic heterocycles. The van der Waals surface area contributed by atoms with Gasteiger partial charge in [0, 0.05) is 17.8 Å². The van der Waals surface area contributed by atoms with Crippen molar-refractivity contribution in [1.29, 1.82) is 0 Å². The van der Waals surface area contributed by atoms with Gasteiger partial charge in [0.1, 0.15) is 12.4 Å². The molecule has 0 spiro atoms. The van der Waals surface area contributed by atoms with E-state index in [0.717, 1.165) is 0 Å². The predicted molar refractivity (Wildman–Crippen MR) is 162 cm³/mol. The zero-order valence-electron chi connectivity index (χ0n) is 24.7. The van der Waals surface area contributed by atoms with Crippen LogP contribution in [0, 0.1) is 10.1 Å². The minimum absolute atomic E-state index is 0.00490. The molecular weight excluding hydrogens is 586 g/mol. The van der Waals surface area contributed by atoms with Crippen molar-refractivity contribution >= 4 is 29.8 Å². The molecule has 3 aromatic carbocycles. The summed E-state index contributed by atoms with van der Waals surface area (Å²) in [6, 6.07) is 16.7. The SMILES string of the molecule is CCOC(=O)C1=C(C)NC(=O)N[C@@H]1c1ccc(OCC(=O)N/N=C\c2ccc(OCc3cccc([N+](=O)[O-])c3)cc2)c(OC)c1. The number of nitro groups is 1. The number of esters is 1. The smallest absolute Gasteiger partial charge is 0.338 e. The maximum atomic E-state index is 12.6. The Hall–Kier alpha value is -5.92. The molecule has 45 heavy (non-hydrogen) atoms. The number of carbonyl (C=O) groups excluding carboxylic acids is 3. The third-order valence-corrected chi connectivity index (χ3v) is 6.45. The molecule has 0 radical (unpaired) electrons. The first kappa shape index (κ1) is 32.0. The molecule has 0 saturated heterocycles. The Bertz CT molecular complexity index is 1640. The lowest BCUT2D eigenvalue weighted by atomic mass is 9.95. The fourth-order valence-corrected chi connectivity index (χ4v) is 4.34. The van der Waals surface area contributed by atoms with Gasteiger partial charge in [0.2, 0.25) is 0 Å². The molecule has 0 saturated carbocycles. The zero-order valence-corrected chi connectivity index (χ0v) is 24.7. The number of allylic oxidation sites excluding steroid dienone is 1. The number of rotatable bonds is 13. The molecule has 0 fully saturated rings. The van der Waals surface area contributed by atoms with E-state index in [4.69, 9.17) is 18.9 Å². The fraction of sp³-hybridized carbons (Fsp3) is 0.226. The number of hydrogen-bond acceptors (Lipinski definition) is 10. The van der Waals surface area contributed by atoms with Crippen LogP contribution in [0.4, 0.5) is 10.5 Å². The summed E-state index contributed by atoms with van der Waals surface area (Å²) in [5, 5.41) is 20.2. The third-order valence-electron chi connectivity index (χ3n) is 6.45. The first-order chi connectivity index (χ1) is 21.7. The van der Waals surface area contributed by atoms with Crippen LogP contribution in [0.2, 0.25) is 0 Å². The highest BCUT2D eigenvalue weighted by Crippen LogP contribution is 2.34. The standard InChI is InChI=1S/C31H31N5O9/c1-4-43-30(38)28-19(2)33-31(39)34-29(28)22-10-13-25(26(15-22)42-3)45-18-27(37)35-32-16-20-8-11-24(12-9-20)44-17-21-6-5-7-23(14-21)36(40)41/h5-16,29H,4,17-18H2,1-3H3,(H,35,37)(H2,33,34,39)/b32-16-/t29-/m1/s1. The summed E-state index contributed by atoms with van der Waals surface area (Å²) in [4.78, 5) is 47.5. The molecule has 1 heterocycles. The van der Waals surface area contributed by atoms with Gasteiger partial charge in [-0.25, -0.2) is 15.0 Å². The summed E-state index contributed by atoms with van der Waals surface area (Å²) in [5.74, 6) is 0.0151. The molecule has 1 atom stereocenters. The number of nitrogens with zero attached hydrogens (tertiary/aromatic N) is 2. The quantitative estimate of drug-likeness (QED) is 0.111. The van der Waals surface area contributed by atoms with Crippen LogP contribution < -0.4 is 30.3 Å². The summed E-state index contributed by atoms with van der Waals surface area (Å²) in [6.07, 6.45) is 1.45. The van der Waals surface area contributed by atoms with Gasteiger partial charge in [-0.2, -0.15) is 5.10 Å². The van der Waals surface area contributed by atoms with E-state index in [1.807, 2.05) is 0 Å². The Morgan fingerprint density at radius 3 is 2.56 bits per heavy atom. The average Bonchev–Trinajstić information content (AvgIpc) is 3.03. The van der Waals surface area contributed by atoms with Gasteiger partial charge in [-0.3, -0.25) is 14.9 Å². The molecule has 14 heteroatoms. The maximum absolute atomic E-state index is 12.6. The molecule has 234 valence electrons. The van der Waals surface area contributed by atoms with Crippen LogP contribution in [0.15, 0.2) is 83.1 Å². The number of hydrazone groups is 1. The van der Waals surface area contributed by atoms with Crippen LogP contribution in [0.3, 0.4) is 0 Å². The van der Waals surface area contributed by atoms with E-state index in [9.17, 15) is 24.5 Å². The average molecular weight is 618 g/mol. The minimum atomic E-state index is -0.785. The lowest BCUT2D eigenvalue weighted by Crippen LogP contribution is -2.45. The summed E-state index contributed by atoms with van der Waals surface area (Å²) >= 11 is 0. The monoisotopic (exact) mass is 617 g/mol. The lowest BCUT2D eigenvalue weighted by Gasteiger charge is -2.28. The van der Waals surface area contributed by atoms with Crippen LogP contribution in [-0.4, -0.2) is 49.4 Å². The van der Waals surface area contributed by atoms with Gasteiger partial charge in [0.15, 0.2) is 18.1 Å². The van der Waals surface area contributed by atoms with Crippen LogP contribution in [0.25, 0.3) is 0 Å². The molecule has 3 aromatic rings. The molecule has 1 aliphatic rings. The number of carbonyl (C=O) groups is 3. The number of urea groups is 1. The number of nitrogens with one attached hydrogen (secondary N) is 3. The summed E-state index contributed by atoms with van der Waals surface area (Å²) < 4.78 is 21.9. The molecule has 0 bridgehead atoms. The van der Waals surface area contributed by atoms with Crippen molar-refractivity contribution in [3.05, 3.63) is 105 Å². The van der Waals surface area contributed by atoms with Crippen molar-refractivity contribution in [3.8, 4) is 17.2 Å². The number of non-ortho nitro benzene ring substituents is 1. The minimum Gasteiger partial charge on any atom is -0.493 e. The van der Waals surface area contributed by atoms with Gasteiger partial charge in [0.05, 0.1) is 36.5 Å². The van der Waals surface area contributed by atoms with E-state index in [-0.39, 0.29) is 42.6 Å². The van der Waals surface area contributed by atoms with E-state index < -0.39 is 28.9 Å². The molecule has 0 unspecified atom stereocenters. The van der Waals surface area contributed by atoms with Gasteiger partial charge >= 0.3 is 12.0 Å². The third kappa shape index (κ3) is 8.56. The topological polar surface area (TPSA) is 180 Å². The second-order valence-electron chi connectivity index (χ2n) is 9.57. The van der Waals surface area contributed by atoms with Gasteiger partial charge in [0.25, 0.3) is 11.6 Å². The number of amides is 3. The van der Waals surface area contributed by atoms with Crippen molar-refractivity contribution in [2.75, 3.05) is 20.3 Å². The number of nitro benzene ring substituents is 1. The largest absolute Gasteiger partial charge is 0.493 e. The van der Waals surface area contributed by atoms with Crippen molar-refractivity contribution in [2.24, 2.45) is 5.10 Å². The Morgan fingerprint density at radius 2 is 1.84 bits per heavy atom. The lowest BCUT2D eigenvalue weighted by molar-refractivity contribution is -0.384. The number of methoxy groups -OCH3 is 1. The van der Waals surface area contributed by atoms with Crippen LogP contribution >= 0.6 is 0 Å². The van der Waals surface area contributed by atoms with Crippen molar-refractivity contribution in [2.45, 2.75) is 26.5 Å². The van der Waals surface area contributed by atoms with Gasteiger partial charge in [-0.1, -0.05) is 18.2 Å². The molecular formula is C31H31N5O9. The van der Waals surface area contributed by atoms with Crippen molar-refractivity contribution in [1.82, 2.24) is 16.1 Å². The molecule has 3 N–H and O–H groups in total. The number of ether oxygens (including phenoxy) is 4. The first-order valence-corrected chi connectivity index (χ1v) is 13.7. The highest BCUT2D eigenvalue weighted by molar-refractivity contribution is 5.95. The van der Waals surface area contributed by atoms with Crippen molar-refractivity contribution < 1.29 is 38.3 Å². The van der Waals surface area contributed by atoms with Crippen LogP contribution in [-0.2, 0) is 20.9 Å². The highest BCUT2D eigenvalue weighted by atomic mass is 16.6. The first-order valence-electron chi connectivity index (χ1n) is 13.7. The van der Waals surface area contributed by atoms with Crippen molar-refractivity contribution in [3.63, 3.8) is 0 Å². The van der Waals surface area contributed by atoms with E-state index in [1.54, 1.807) is 68.4 Å². The van der Waals surface area contributed by atoms with E-state index >= 15 is 0 Å². The molecule has 14 nitrogen and oxygen atoms in total. The van der Waals surface area contributed by atoms with Gasteiger partial charge in [-0.15, -0.1) is 0 Å². The molecule has 0 aliphatic carbocycles. The predicted octanol–water partition coefficient (Wildman–Crippen LogP) is 3.90. The normalized spacial score (nSPS) is 14.3. The highest BCUT2D eigenvalue weighted by Gasteiger charge is 2.32.